The number of rotatable bonds is 6. The summed E-state index contributed by atoms with van der Waals surface area (Å²) >= 11 is 0. The molecule has 1 amide bonds. The van der Waals surface area contributed by atoms with Gasteiger partial charge in [0.1, 0.15) is 6.10 Å². The van der Waals surface area contributed by atoms with E-state index in [1.54, 1.807) is 0 Å². The van der Waals surface area contributed by atoms with Crippen molar-refractivity contribution in [2.24, 2.45) is 5.73 Å². The number of nitrogens with one attached hydrogen (secondary N) is 1. The molecule has 2 fully saturated rings. The summed E-state index contributed by atoms with van der Waals surface area (Å²) in [5.41, 5.74) is 5.55. The Labute approximate surface area is 146 Å². The van der Waals surface area contributed by atoms with E-state index in [2.05, 4.69) is 10.2 Å². The van der Waals surface area contributed by atoms with E-state index in [4.69, 9.17) is 10.5 Å². The Morgan fingerprint density at radius 1 is 1.14 bits per heavy atom. The molecule has 0 aliphatic carbocycles. The lowest BCUT2D eigenvalue weighted by molar-refractivity contribution is -0.131. The molecule has 0 spiro atoms. The van der Waals surface area contributed by atoms with Crippen LogP contribution in [0, 0.1) is 0 Å². The van der Waals surface area contributed by atoms with Crippen LogP contribution in [-0.2, 0) is 9.53 Å². The van der Waals surface area contributed by atoms with Crippen molar-refractivity contribution in [1.29, 1.82) is 0 Å². The highest BCUT2D eigenvalue weighted by Crippen LogP contribution is 2.18. The van der Waals surface area contributed by atoms with Gasteiger partial charge in [-0.1, -0.05) is 12.8 Å². The summed E-state index contributed by atoms with van der Waals surface area (Å²) in [6, 6.07) is 0. The molecular weight excluding hydrogens is 325 g/mol. The first-order valence-corrected chi connectivity index (χ1v) is 8.15. The summed E-state index contributed by atoms with van der Waals surface area (Å²) in [6.07, 6.45) is 7.92. The van der Waals surface area contributed by atoms with Crippen LogP contribution in [0.15, 0.2) is 0 Å². The van der Waals surface area contributed by atoms with Crippen LogP contribution in [0.2, 0.25) is 0 Å². The lowest BCUT2D eigenvalue weighted by Gasteiger charge is -2.20. The summed E-state index contributed by atoms with van der Waals surface area (Å²) in [6.45, 7) is 4.80. The van der Waals surface area contributed by atoms with Crippen molar-refractivity contribution in [2.45, 2.75) is 57.2 Å². The average Bonchev–Trinajstić information content (AvgIpc) is 2.80. The van der Waals surface area contributed by atoms with Gasteiger partial charge < -0.3 is 20.7 Å². The number of ether oxygens (including phenoxy) is 1. The van der Waals surface area contributed by atoms with Crippen molar-refractivity contribution in [3.63, 3.8) is 0 Å². The highest BCUT2D eigenvalue weighted by Gasteiger charge is 2.29. The molecule has 0 aromatic carbocycles. The lowest BCUT2D eigenvalue weighted by atomic mass is 10.2. The fourth-order valence-corrected chi connectivity index (χ4v) is 3.06. The minimum Gasteiger partial charge on any atom is -0.364 e. The highest BCUT2D eigenvalue weighted by molar-refractivity contribution is 5.85. The van der Waals surface area contributed by atoms with E-state index in [1.807, 2.05) is 0 Å². The Bertz CT molecular complexity index is 301. The molecule has 0 bridgehead atoms. The molecule has 5 nitrogen and oxygen atoms in total. The Morgan fingerprint density at radius 2 is 1.82 bits per heavy atom. The van der Waals surface area contributed by atoms with Gasteiger partial charge in [0, 0.05) is 13.1 Å². The van der Waals surface area contributed by atoms with Crippen molar-refractivity contribution in [1.82, 2.24) is 10.2 Å². The van der Waals surface area contributed by atoms with Gasteiger partial charge in [-0.15, -0.1) is 24.8 Å². The van der Waals surface area contributed by atoms with E-state index < -0.39 is 0 Å². The van der Waals surface area contributed by atoms with Crippen LogP contribution in [0.5, 0.6) is 0 Å². The third-order valence-electron chi connectivity index (χ3n) is 4.31. The first-order valence-electron chi connectivity index (χ1n) is 8.15. The predicted molar refractivity (Wildman–Crippen MR) is 94.0 cm³/mol. The van der Waals surface area contributed by atoms with Gasteiger partial charge in [-0.25, -0.2) is 0 Å². The molecule has 3 N–H and O–H groups in total. The summed E-state index contributed by atoms with van der Waals surface area (Å²) < 4.78 is 5.59. The molecular formula is C15H31Cl2N3O2. The fraction of sp³-hybridized carbons (Fsp3) is 0.933. The molecule has 0 aromatic rings. The first kappa shape index (κ1) is 21.9. The van der Waals surface area contributed by atoms with Gasteiger partial charge >= 0.3 is 0 Å². The summed E-state index contributed by atoms with van der Waals surface area (Å²) in [4.78, 5) is 14.4. The Kier molecular flexibility index (Phi) is 12.3. The monoisotopic (exact) mass is 355 g/mol. The Hall–Kier alpha value is -0.0700. The number of hydrogen-bond acceptors (Lipinski definition) is 4. The van der Waals surface area contributed by atoms with E-state index in [-0.39, 0.29) is 42.9 Å². The van der Waals surface area contributed by atoms with Crippen LogP contribution in [0.25, 0.3) is 0 Å². The predicted octanol–water partition coefficient (Wildman–Crippen LogP) is 1.72. The molecule has 22 heavy (non-hydrogen) atoms. The number of carbonyl (C=O) groups excluding carboxylic acids is 1. The zero-order valence-corrected chi connectivity index (χ0v) is 14.9. The van der Waals surface area contributed by atoms with Crippen LogP contribution >= 0.6 is 24.8 Å². The Morgan fingerprint density at radius 3 is 2.41 bits per heavy atom. The number of likely N-dealkylation sites (tertiary alicyclic amines) is 1. The smallest absolute Gasteiger partial charge is 0.249 e. The maximum atomic E-state index is 11.9. The largest absolute Gasteiger partial charge is 0.364 e. The number of carbonyl (C=O) groups is 1. The molecule has 2 aliphatic heterocycles. The van der Waals surface area contributed by atoms with Crippen LogP contribution in [0.1, 0.15) is 44.9 Å². The molecule has 2 saturated heterocycles. The number of halogens is 2. The van der Waals surface area contributed by atoms with Crippen molar-refractivity contribution < 1.29 is 9.53 Å². The number of nitrogens with zero attached hydrogens (tertiary/aromatic N) is 1. The second-order valence-corrected chi connectivity index (χ2v) is 5.96. The van der Waals surface area contributed by atoms with E-state index in [9.17, 15) is 4.79 Å². The Balaban J connectivity index is 0.00000220. The van der Waals surface area contributed by atoms with Gasteiger partial charge in [-0.05, 0) is 51.7 Å². The van der Waals surface area contributed by atoms with Gasteiger partial charge in [-0.3, -0.25) is 4.79 Å². The summed E-state index contributed by atoms with van der Waals surface area (Å²) in [7, 11) is 0. The van der Waals surface area contributed by atoms with Crippen molar-refractivity contribution in [3.8, 4) is 0 Å². The lowest BCUT2D eigenvalue weighted by Crippen LogP contribution is -2.37. The second-order valence-electron chi connectivity index (χ2n) is 5.96. The molecule has 2 rings (SSSR count). The van der Waals surface area contributed by atoms with Crippen LogP contribution in [0.4, 0.5) is 0 Å². The molecule has 2 heterocycles. The van der Waals surface area contributed by atoms with E-state index in [1.165, 1.54) is 38.8 Å². The molecule has 2 atom stereocenters. The maximum Gasteiger partial charge on any atom is 0.249 e. The summed E-state index contributed by atoms with van der Waals surface area (Å²) in [5, 5.41) is 2.99. The minimum absolute atomic E-state index is 0. The molecule has 0 saturated carbocycles. The first-order chi connectivity index (χ1) is 9.79. The quantitative estimate of drug-likeness (QED) is 0.711. The standard InChI is InChI=1S/C15H29N3O2.2ClH/c16-12-13-6-7-14(20-13)15(19)17-8-5-11-18-9-3-1-2-4-10-18;;/h13-14H,1-12,16H2,(H,17,19);2*1H/t13-,14+;;/m1../s1. The van der Waals surface area contributed by atoms with Gasteiger partial charge in [0.05, 0.1) is 6.10 Å². The molecule has 132 valence electrons. The van der Waals surface area contributed by atoms with Crippen LogP contribution in [0.3, 0.4) is 0 Å². The molecule has 7 heteroatoms. The topological polar surface area (TPSA) is 67.6 Å². The second kappa shape index (κ2) is 12.4. The van der Waals surface area contributed by atoms with Crippen LogP contribution < -0.4 is 11.1 Å². The van der Waals surface area contributed by atoms with Crippen molar-refractivity contribution in [3.05, 3.63) is 0 Å². The van der Waals surface area contributed by atoms with Crippen LogP contribution in [-0.4, -0.2) is 55.7 Å². The fourth-order valence-electron chi connectivity index (χ4n) is 3.06. The molecule has 0 aromatic heterocycles. The third-order valence-corrected chi connectivity index (χ3v) is 4.31. The number of nitrogens with two attached hydrogens (primary N) is 1. The zero-order valence-electron chi connectivity index (χ0n) is 13.3. The molecule has 0 radical (unpaired) electrons. The van der Waals surface area contributed by atoms with Gasteiger partial charge in [0.15, 0.2) is 0 Å². The SMILES string of the molecule is Cl.Cl.NC[C@H]1CC[C@@H](C(=O)NCCCN2CCCCCC2)O1. The third kappa shape index (κ3) is 7.47. The van der Waals surface area contributed by atoms with Gasteiger partial charge in [0.25, 0.3) is 0 Å². The molecule has 0 unspecified atom stereocenters. The van der Waals surface area contributed by atoms with E-state index in [0.29, 0.717) is 6.54 Å². The van der Waals surface area contributed by atoms with E-state index in [0.717, 1.165) is 32.4 Å². The van der Waals surface area contributed by atoms with Crippen molar-refractivity contribution >= 4 is 30.7 Å². The minimum atomic E-state index is -0.276. The molecule has 2 aliphatic rings. The number of hydrogen-bond donors (Lipinski definition) is 2. The van der Waals surface area contributed by atoms with Gasteiger partial charge in [0.2, 0.25) is 5.91 Å². The number of amides is 1. The van der Waals surface area contributed by atoms with Gasteiger partial charge in [-0.2, -0.15) is 0 Å². The van der Waals surface area contributed by atoms with E-state index >= 15 is 0 Å². The highest BCUT2D eigenvalue weighted by atomic mass is 35.5. The normalized spacial score (nSPS) is 25.7. The van der Waals surface area contributed by atoms with Crippen molar-refractivity contribution in [2.75, 3.05) is 32.7 Å². The zero-order chi connectivity index (χ0) is 14.2. The maximum absolute atomic E-state index is 11.9. The summed E-state index contributed by atoms with van der Waals surface area (Å²) in [5.74, 6) is 0.0387. The average molecular weight is 356 g/mol.